The van der Waals surface area contributed by atoms with Crippen LogP contribution in [0.5, 0.6) is 11.5 Å². The fourth-order valence-corrected chi connectivity index (χ4v) is 4.76. The smallest absolute Gasteiger partial charge is 0.256 e. The Labute approximate surface area is 233 Å². The Morgan fingerprint density at radius 2 is 2.16 bits per heavy atom. The Balaban J connectivity index is 1.48. The van der Waals surface area contributed by atoms with E-state index in [1.807, 2.05) is 26.8 Å². The predicted molar refractivity (Wildman–Crippen MR) is 150 cm³/mol. The van der Waals surface area contributed by atoms with Crippen molar-refractivity contribution >= 4 is 40.4 Å². The van der Waals surface area contributed by atoms with Gasteiger partial charge in [-0.05, 0) is 39.0 Å². The summed E-state index contributed by atoms with van der Waals surface area (Å²) < 4.78 is 23.2. The van der Waals surface area contributed by atoms with Crippen molar-refractivity contribution in [1.82, 2.24) is 15.6 Å². The summed E-state index contributed by atoms with van der Waals surface area (Å²) in [5, 5.41) is 9.93. The highest BCUT2D eigenvalue weighted by atomic mass is 35.5. The third kappa shape index (κ3) is 6.93. The lowest BCUT2D eigenvalue weighted by molar-refractivity contribution is -0.181. The summed E-state index contributed by atoms with van der Waals surface area (Å²) in [7, 11) is 1.53. The van der Waals surface area contributed by atoms with Crippen molar-refractivity contribution in [2.75, 3.05) is 32.2 Å². The van der Waals surface area contributed by atoms with Crippen LogP contribution in [0.3, 0.4) is 0 Å². The summed E-state index contributed by atoms with van der Waals surface area (Å²) in [6.45, 7) is 7.67. The van der Waals surface area contributed by atoms with Crippen molar-refractivity contribution in [2.45, 2.75) is 51.5 Å². The highest BCUT2D eigenvalue weighted by Crippen LogP contribution is 2.33. The molecule has 1 amide bonds. The number of nitrogens with zero attached hydrogens (tertiary/aromatic N) is 1. The van der Waals surface area contributed by atoms with Crippen molar-refractivity contribution in [3.63, 3.8) is 0 Å². The number of hydrogen-bond acceptors (Lipinski definition) is 8. The molecule has 0 radical (unpaired) electrons. The fourth-order valence-electron chi connectivity index (χ4n) is 4.19. The maximum Gasteiger partial charge on any atom is 0.256 e. The molecule has 0 aliphatic carbocycles. The van der Waals surface area contributed by atoms with E-state index in [1.54, 1.807) is 30.6 Å². The van der Waals surface area contributed by atoms with E-state index >= 15 is 0 Å². The lowest BCUT2D eigenvalue weighted by atomic mass is 10.0. The predicted octanol–water partition coefficient (Wildman–Crippen LogP) is 4.01. The zero-order valence-electron chi connectivity index (χ0n) is 21.9. The normalized spacial score (nSPS) is 20.9. The van der Waals surface area contributed by atoms with Gasteiger partial charge in [0, 0.05) is 36.5 Å². The van der Waals surface area contributed by atoms with Gasteiger partial charge in [0.05, 0.1) is 48.4 Å². The van der Waals surface area contributed by atoms with Gasteiger partial charge in [-0.1, -0.05) is 29.9 Å². The number of hydrogen-bond donors (Lipinski definition) is 3. The molecule has 1 fully saturated rings. The molecule has 0 bridgehead atoms. The maximum absolute atomic E-state index is 13.0. The van der Waals surface area contributed by atoms with E-state index in [2.05, 4.69) is 20.9 Å². The maximum atomic E-state index is 13.0. The molecule has 1 aromatic heterocycles. The molecule has 2 aliphatic rings. The van der Waals surface area contributed by atoms with Crippen LogP contribution in [0.1, 0.15) is 32.8 Å². The number of aromatic nitrogens is 1. The number of methoxy groups -OCH3 is 1. The molecule has 0 spiro atoms. The Morgan fingerprint density at radius 3 is 2.89 bits per heavy atom. The largest absolute Gasteiger partial charge is 0.493 e. The molecule has 204 valence electrons. The molecule has 2 unspecified atom stereocenters. The Morgan fingerprint density at radius 1 is 1.34 bits per heavy atom. The van der Waals surface area contributed by atoms with E-state index in [0.717, 1.165) is 11.3 Å². The number of thiocarbonyl (C=S) groups is 1. The Bertz CT molecular complexity index is 1210. The van der Waals surface area contributed by atoms with Crippen molar-refractivity contribution < 1.29 is 23.7 Å². The Hall–Kier alpha value is -2.92. The van der Waals surface area contributed by atoms with E-state index in [4.69, 9.17) is 42.8 Å². The number of para-hydroxylation sites is 1. The number of carbonyl (C=O) groups excluding carboxylic acids is 1. The molecule has 2 aromatic rings. The van der Waals surface area contributed by atoms with Gasteiger partial charge in [-0.15, -0.1) is 0 Å². The minimum absolute atomic E-state index is 0.0573. The van der Waals surface area contributed by atoms with Gasteiger partial charge in [0.25, 0.3) is 5.91 Å². The summed E-state index contributed by atoms with van der Waals surface area (Å²) in [5.41, 5.74) is 2.27. The van der Waals surface area contributed by atoms with E-state index in [1.165, 1.54) is 7.11 Å². The van der Waals surface area contributed by atoms with Crippen molar-refractivity contribution in [2.24, 2.45) is 0 Å². The van der Waals surface area contributed by atoms with Gasteiger partial charge < -0.3 is 34.9 Å². The number of pyridine rings is 1. The zero-order valence-corrected chi connectivity index (χ0v) is 23.5. The lowest BCUT2D eigenvalue weighted by Gasteiger charge is -2.34. The van der Waals surface area contributed by atoms with Crippen LogP contribution in [0.2, 0.25) is 5.02 Å². The van der Waals surface area contributed by atoms with Crippen molar-refractivity contribution in [3.05, 3.63) is 58.5 Å². The van der Waals surface area contributed by atoms with Crippen LogP contribution in [0.4, 0.5) is 5.69 Å². The molecular formula is C27H33ClN4O5S. The van der Waals surface area contributed by atoms with Crippen LogP contribution in [0, 0.1) is 0 Å². The van der Waals surface area contributed by atoms with E-state index < -0.39 is 0 Å². The lowest BCUT2D eigenvalue weighted by Crippen LogP contribution is -2.44. The first-order chi connectivity index (χ1) is 18.2. The summed E-state index contributed by atoms with van der Waals surface area (Å²) in [4.78, 5) is 17.5. The van der Waals surface area contributed by atoms with Crippen LogP contribution in [0.25, 0.3) is 0 Å². The molecule has 38 heavy (non-hydrogen) atoms. The summed E-state index contributed by atoms with van der Waals surface area (Å²) in [6.07, 6.45) is 3.80. The quantitative estimate of drug-likeness (QED) is 0.392. The van der Waals surface area contributed by atoms with Crippen LogP contribution in [-0.2, 0) is 20.8 Å². The van der Waals surface area contributed by atoms with Gasteiger partial charge >= 0.3 is 0 Å². The van der Waals surface area contributed by atoms with E-state index in [-0.39, 0.29) is 28.6 Å². The van der Waals surface area contributed by atoms with Gasteiger partial charge in [0.2, 0.25) is 0 Å². The number of carbonyl (C=O) groups is 1. The highest BCUT2D eigenvalue weighted by Gasteiger charge is 2.30. The molecule has 3 heterocycles. The zero-order chi connectivity index (χ0) is 27.3. The van der Waals surface area contributed by atoms with E-state index in [0.29, 0.717) is 60.6 Å². The first-order valence-electron chi connectivity index (χ1n) is 12.4. The van der Waals surface area contributed by atoms with Crippen LogP contribution < -0.4 is 25.4 Å². The molecule has 2 atom stereocenters. The standard InChI is InChI=1S/C27H33ClN4O5S/c1-16-10-21(23(25(33)31-16)26(38)32-20-7-5-6-19(28)24(20)34-4)30-11-17-8-9-29-12-22(17)35-13-18-14-37-27(2,3)15-36-18/h5-9,12,16,18,30H,10-11,13-15H2,1-4H3,(H,31,33)(H,32,38). The van der Waals surface area contributed by atoms with Gasteiger partial charge in [-0.25, -0.2) is 0 Å². The van der Waals surface area contributed by atoms with Gasteiger partial charge in [-0.2, -0.15) is 0 Å². The number of benzene rings is 1. The molecule has 1 aromatic carbocycles. The van der Waals surface area contributed by atoms with Gasteiger partial charge in [0.1, 0.15) is 23.4 Å². The van der Waals surface area contributed by atoms with Gasteiger partial charge in [-0.3, -0.25) is 9.78 Å². The first-order valence-corrected chi connectivity index (χ1v) is 13.2. The number of amides is 1. The minimum atomic E-state index is -0.290. The first kappa shape index (κ1) is 28.1. The molecule has 4 rings (SSSR count). The SMILES string of the molecule is COc1c(Cl)cccc1NC(=S)C1=C(NCc2ccncc2OCC2COC(C)(C)CO2)CC(C)NC1=O. The Kier molecular flexibility index (Phi) is 9.09. The molecule has 3 N–H and O–H groups in total. The molecule has 11 heteroatoms. The number of halogens is 1. The molecular weight excluding hydrogens is 528 g/mol. The van der Waals surface area contributed by atoms with E-state index in [9.17, 15) is 4.79 Å². The minimum Gasteiger partial charge on any atom is -0.493 e. The summed E-state index contributed by atoms with van der Waals surface area (Å²) >= 11 is 11.9. The third-order valence-electron chi connectivity index (χ3n) is 6.18. The summed E-state index contributed by atoms with van der Waals surface area (Å²) in [6, 6.07) is 7.11. The van der Waals surface area contributed by atoms with Crippen molar-refractivity contribution in [3.8, 4) is 11.5 Å². The van der Waals surface area contributed by atoms with Crippen molar-refractivity contribution in [1.29, 1.82) is 0 Å². The number of rotatable bonds is 9. The topological polar surface area (TPSA) is 103 Å². The van der Waals surface area contributed by atoms with Crippen LogP contribution >= 0.6 is 23.8 Å². The fraction of sp³-hybridized carbons (Fsp3) is 0.444. The number of nitrogens with one attached hydrogen (secondary N) is 3. The van der Waals surface area contributed by atoms with Crippen LogP contribution in [0.15, 0.2) is 47.9 Å². The highest BCUT2D eigenvalue weighted by molar-refractivity contribution is 7.81. The third-order valence-corrected chi connectivity index (χ3v) is 6.78. The van der Waals surface area contributed by atoms with Gasteiger partial charge in [0.15, 0.2) is 5.75 Å². The molecule has 0 saturated carbocycles. The molecule has 9 nitrogen and oxygen atoms in total. The monoisotopic (exact) mass is 560 g/mol. The summed E-state index contributed by atoms with van der Waals surface area (Å²) in [5.74, 6) is 0.826. The average molecular weight is 561 g/mol. The molecule has 1 saturated heterocycles. The second-order valence-electron chi connectivity index (χ2n) is 9.86. The van der Waals surface area contributed by atoms with Crippen LogP contribution in [-0.4, -0.2) is 60.6 Å². The molecule has 2 aliphatic heterocycles. The average Bonchev–Trinajstić information content (AvgIpc) is 2.87. The second-order valence-corrected chi connectivity index (χ2v) is 10.7. The number of ether oxygens (including phenoxy) is 4. The number of anilines is 1. The second kappa shape index (κ2) is 12.3.